The van der Waals surface area contributed by atoms with Crippen LogP contribution in [0.2, 0.25) is 0 Å². The van der Waals surface area contributed by atoms with Gasteiger partial charge < -0.3 is 10.2 Å². The van der Waals surface area contributed by atoms with E-state index >= 15 is 0 Å². The highest BCUT2D eigenvalue weighted by molar-refractivity contribution is 6.13. The van der Waals surface area contributed by atoms with Crippen LogP contribution in [0.4, 0.5) is 0 Å². The smallest absolute Gasteiger partial charge is 0.157 e. The SMILES string of the molecule is NC(=NC(=NCc1cccc2oc3c(-c4cncc5ccccc45)cccc3c12)c1ccccc1)c1ccccc1. The van der Waals surface area contributed by atoms with E-state index in [4.69, 9.17) is 20.1 Å². The van der Waals surface area contributed by atoms with Crippen LogP contribution in [0.25, 0.3) is 43.8 Å². The number of para-hydroxylation sites is 1. The van der Waals surface area contributed by atoms with Crippen molar-refractivity contribution < 1.29 is 4.42 Å². The third kappa shape index (κ3) is 4.64. The van der Waals surface area contributed by atoms with Gasteiger partial charge in [0.15, 0.2) is 5.84 Å². The molecule has 0 aliphatic rings. The quantitative estimate of drug-likeness (QED) is 0.180. The van der Waals surface area contributed by atoms with E-state index in [1.54, 1.807) is 0 Å². The van der Waals surface area contributed by atoms with Crippen LogP contribution in [0, 0.1) is 0 Å². The molecule has 41 heavy (non-hydrogen) atoms. The monoisotopic (exact) mass is 530 g/mol. The number of nitrogens with zero attached hydrogens (tertiary/aromatic N) is 3. The Bertz CT molecular complexity index is 2070. The van der Waals surface area contributed by atoms with E-state index in [9.17, 15) is 0 Å². The van der Waals surface area contributed by atoms with Gasteiger partial charge in [-0.2, -0.15) is 0 Å². The molecule has 0 atom stereocenters. The van der Waals surface area contributed by atoms with Gasteiger partial charge in [0.2, 0.25) is 0 Å². The van der Waals surface area contributed by atoms with Gasteiger partial charge in [0, 0.05) is 50.8 Å². The van der Waals surface area contributed by atoms with E-state index in [-0.39, 0.29) is 0 Å². The van der Waals surface area contributed by atoms with Crippen molar-refractivity contribution in [1.82, 2.24) is 4.98 Å². The summed E-state index contributed by atoms with van der Waals surface area (Å²) in [5.41, 5.74) is 12.9. The van der Waals surface area contributed by atoms with Crippen LogP contribution in [0.1, 0.15) is 16.7 Å². The summed E-state index contributed by atoms with van der Waals surface area (Å²) in [5, 5.41) is 4.33. The number of benzene rings is 5. The van der Waals surface area contributed by atoms with Crippen molar-refractivity contribution in [3.05, 3.63) is 150 Å². The Morgan fingerprint density at radius 1 is 0.659 bits per heavy atom. The second kappa shape index (κ2) is 10.5. The van der Waals surface area contributed by atoms with E-state index in [0.29, 0.717) is 18.2 Å². The van der Waals surface area contributed by atoms with Gasteiger partial charge in [-0.15, -0.1) is 0 Å². The number of pyridine rings is 1. The molecule has 0 amide bonds. The molecule has 0 spiro atoms. The molecule has 5 aromatic carbocycles. The molecule has 196 valence electrons. The number of fused-ring (bicyclic) bond motifs is 4. The summed E-state index contributed by atoms with van der Waals surface area (Å²) in [6.45, 7) is 0.418. The maximum atomic E-state index is 6.52. The summed E-state index contributed by atoms with van der Waals surface area (Å²) < 4.78 is 6.52. The predicted molar refractivity (Wildman–Crippen MR) is 168 cm³/mol. The Morgan fingerprint density at radius 2 is 1.37 bits per heavy atom. The third-order valence-corrected chi connectivity index (χ3v) is 7.29. The molecule has 7 aromatic rings. The zero-order valence-corrected chi connectivity index (χ0v) is 22.2. The number of aromatic nitrogens is 1. The first-order valence-electron chi connectivity index (χ1n) is 13.5. The fourth-order valence-electron chi connectivity index (χ4n) is 5.32. The largest absolute Gasteiger partial charge is 0.455 e. The molecule has 0 bridgehead atoms. The zero-order chi connectivity index (χ0) is 27.6. The minimum atomic E-state index is 0.418. The molecule has 5 nitrogen and oxygen atoms in total. The lowest BCUT2D eigenvalue weighted by molar-refractivity contribution is 0.669. The number of amidine groups is 2. The van der Waals surface area contributed by atoms with Gasteiger partial charge in [0.1, 0.15) is 17.0 Å². The van der Waals surface area contributed by atoms with E-state index in [2.05, 4.69) is 47.4 Å². The van der Waals surface area contributed by atoms with Crippen molar-refractivity contribution in [3.63, 3.8) is 0 Å². The van der Waals surface area contributed by atoms with Gasteiger partial charge in [-0.3, -0.25) is 9.98 Å². The Balaban J connectivity index is 1.35. The van der Waals surface area contributed by atoms with Crippen molar-refractivity contribution in [2.75, 3.05) is 0 Å². The fourth-order valence-corrected chi connectivity index (χ4v) is 5.32. The van der Waals surface area contributed by atoms with Crippen molar-refractivity contribution in [1.29, 1.82) is 0 Å². The molecule has 0 aliphatic heterocycles. The molecular weight excluding hydrogens is 504 g/mol. The number of hydrogen-bond donors (Lipinski definition) is 1. The van der Waals surface area contributed by atoms with E-state index < -0.39 is 0 Å². The maximum absolute atomic E-state index is 6.52. The standard InChI is InChI=1S/C36H26N4O/c37-35(24-11-3-1-4-12-24)40-36(25-13-5-2-6-14-25)39-22-27-16-9-20-32-33(27)30-19-10-18-29(34(30)41-32)31-23-38-21-26-15-7-8-17-28(26)31/h1-21,23H,22H2,(H2,37,39,40). The molecule has 0 fully saturated rings. The van der Waals surface area contributed by atoms with Crippen LogP contribution in [-0.4, -0.2) is 16.7 Å². The van der Waals surface area contributed by atoms with Crippen molar-refractivity contribution in [3.8, 4) is 11.1 Å². The van der Waals surface area contributed by atoms with Crippen LogP contribution in [0.5, 0.6) is 0 Å². The lowest BCUT2D eigenvalue weighted by Crippen LogP contribution is -2.16. The summed E-state index contributed by atoms with van der Waals surface area (Å²) >= 11 is 0. The molecular formula is C36H26N4O. The third-order valence-electron chi connectivity index (χ3n) is 7.29. The minimum Gasteiger partial charge on any atom is -0.455 e. The highest BCUT2D eigenvalue weighted by Gasteiger charge is 2.16. The van der Waals surface area contributed by atoms with Crippen molar-refractivity contribution in [2.24, 2.45) is 15.7 Å². The van der Waals surface area contributed by atoms with Crippen LogP contribution < -0.4 is 5.73 Å². The highest BCUT2D eigenvalue weighted by Crippen LogP contribution is 2.39. The van der Waals surface area contributed by atoms with Gasteiger partial charge >= 0.3 is 0 Å². The fraction of sp³-hybridized carbons (Fsp3) is 0.0278. The normalized spacial score (nSPS) is 12.4. The number of nitrogens with two attached hydrogens (primary N) is 1. The summed E-state index contributed by atoms with van der Waals surface area (Å²) in [6.07, 6.45) is 3.81. The number of aliphatic imine (C=N–C) groups is 2. The molecule has 5 heteroatoms. The lowest BCUT2D eigenvalue weighted by Gasteiger charge is -2.07. The number of furan rings is 1. The molecule has 2 N–H and O–H groups in total. The van der Waals surface area contributed by atoms with Crippen LogP contribution in [-0.2, 0) is 6.54 Å². The predicted octanol–water partition coefficient (Wildman–Crippen LogP) is 8.15. The molecule has 0 saturated carbocycles. The van der Waals surface area contributed by atoms with Crippen LogP contribution in [0.15, 0.2) is 148 Å². The Hall–Kier alpha value is -5.55. The second-order valence-corrected chi connectivity index (χ2v) is 9.85. The topological polar surface area (TPSA) is 76.8 Å². The van der Waals surface area contributed by atoms with Gasteiger partial charge in [-0.25, -0.2) is 4.99 Å². The van der Waals surface area contributed by atoms with Crippen LogP contribution >= 0.6 is 0 Å². The number of rotatable bonds is 5. The lowest BCUT2D eigenvalue weighted by atomic mass is 9.98. The zero-order valence-electron chi connectivity index (χ0n) is 22.2. The van der Waals surface area contributed by atoms with Gasteiger partial charge in [-0.1, -0.05) is 115 Å². The second-order valence-electron chi connectivity index (χ2n) is 9.85. The maximum Gasteiger partial charge on any atom is 0.157 e. The molecule has 0 unspecified atom stereocenters. The summed E-state index contributed by atoms with van der Waals surface area (Å²) in [5.74, 6) is 1.01. The first-order chi connectivity index (χ1) is 20.3. The molecule has 0 aliphatic carbocycles. The van der Waals surface area contributed by atoms with E-state index in [1.807, 2.05) is 91.3 Å². The molecule has 7 rings (SSSR count). The summed E-state index contributed by atoms with van der Waals surface area (Å²) in [7, 11) is 0. The van der Waals surface area contributed by atoms with E-state index in [0.717, 1.165) is 60.5 Å². The van der Waals surface area contributed by atoms with Crippen molar-refractivity contribution >= 4 is 44.4 Å². The van der Waals surface area contributed by atoms with E-state index in [1.165, 1.54) is 0 Å². The van der Waals surface area contributed by atoms with Gasteiger partial charge in [0.05, 0.1) is 6.54 Å². The van der Waals surface area contributed by atoms with Gasteiger partial charge in [0.25, 0.3) is 0 Å². The average Bonchev–Trinajstić information content (AvgIpc) is 3.43. The molecule has 0 saturated heterocycles. The number of hydrogen-bond acceptors (Lipinski definition) is 3. The Morgan fingerprint density at radius 3 is 2.20 bits per heavy atom. The Labute approximate surface area is 237 Å². The Kier molecular flexibility index (Phi) is 6.30. The van der Waals surface area contributed by atoms with Crippen LogP contribution in [0.3, 0.4) is 0 Å². The molecule has 2 heterocycles. The molecule has 2 aromatic heterocycles. The summed E-state index contributed by atoms with van der Waals surface area (Å²) in [4.78, 5) is 14.3. The molecule has 0 radical (unpaired) electrons. The first kappa shape index (κ1) is 24.5. The average molecular weight is 531 g/mol. The summed E-state index contributed by atoms with van der Waals surface area (Å²) in [6, 6.07) is 40.4. The minimum absolute atomic E-state index is 0.418. The first-order valence-corrected chi connectivity index (χ1v) is 13.5. The van der Waals surface area contributed by atoms with Gasteiger partial charge in [-0.05, 0) is 17.0 Å². The highest BCUT2D eigenvalue weighted by atomic mass is 16.3. The van der Waals surface area contributed by atoms with Crippen molar-refractivity contribution in [2.45, 2.75) is 6.54 Å².